The van der Waals surface area contributed by atoms with E-state index >= 15 is 0 Å². The van der Waals surface area contributed by atoms with Gasteiger partial charge in [-0.2, -0.15) is 5.10 Å². The van der Waals surface area contributed by atoms with E-state index in [-0.39, 0.29) is 35.6 Å². The second-order valence-corrected chi connectivity index (χ2v) is 11.4. The minimum absolute atomic E-state index is 0.00542. The molecule has 2 aromatic heterocycles. The summed E-state index contributed by atoms with van der Waals surface area (Å²) in [6.07, 6.45) is 0.509. The lowest BCUT2D eigenvalue weighted by atomic mass is 10.0. The van der Waals surface area contributed by atoms with Crippen molar-refractivity contribution in [3.8, 4) is 5.69 Å². The molecule has 1 atom stereocenters. The molecule has 5 aromatic rings. The first kappa shape index (κ1) is 28.4. The third kappa shape index (κ3) is 6.25. The normalized spacial score (nSPS) is 14.5. The lowest BCUT2D eigenvalue weighted by molar-refractivity contribution is -0.130. The van der Waals surface area contributed by atoms with Gasteiger partial charge in [-0.3, -0.25) is 14.2 Å². The molecule has 3 aromatic carbocycles. The number of benzene rings is 3. The molecule has 0 radical (unpaired) electrons. The van der Waals surface area contributed by atoms with E-state index in [9.17, 15) is 18.4 Å². The molecule has 8 nitrogen and oxygen atoms in total. The van der Waals surface area contributed by atoms with Gasteiger partial charge < -0.3 is 5.32 Å². The number of amides is 2. The molecule has 0 aliphatic carbocycles. The Morgan fingerprint density at radius 2 is 1.70 bits per heavy atom. The summed E-state index contributed by atoms with van der Waals surface area (Å²) < 4.78 is 29.5. The Hall–Kier alpha value is -4.68. The summed E-state index contributed by atoms with van der Waals surface area (Å²) in [5.41, 5.74) is 2.25. The van der Waals surface area contributed by atoms with Crippen molar-refractivity contribution in [3.63, 3.8) is 0 Å². The highest BCUT2D eigenvalue weighted by Crippen LogP contribution is 2.35. The molecule has 1 unspecified atom stereocenters. The van der Waals surface area contributed by atoms with Crippen LogP contribution in [0.15, 0.2) is 107 Å². The van der Waals surface area contributed by atoms with Crippen LogP contribution in [0.2, 0.25) is 0 Å². The van der Waals surface area contributed by atoms with E-state index in [1.165, 1.54) is 47.1 Å². The molecule has 3 heterocycles. The van der Waals surface area contributed by atoms with Crippen molar-refractivity contribution < 1.29 is 18.4 Å². The summed E-state index contributed by atoms with van der Waals surface area (Å²) in [4.78, 5) is 27.2. The summed E-state index contributed by atoms with van der Waals surface area (Å²) in [7, 11) is 0. The molecule has 0 bridgehead atoms. The zero-order chi connectivity index (χ0) is 29.8. The first-order valence-corrected chi connectivity index (χ1v) is 15.2. The quantitative estimate of drug-likeness (QED) is 0.206. The van der Waals surface area contributed by atoms with Crippen molar-refractivity contribution in [3.05, 3.63) is 130 Å². The largest absolute Gasteiger partial charge is 0.345 e. The first-order chi connectivity index (χ1) is 21.0. The third-order valence-corrected chi connectivity index (χ3v) is 8.62. The van der Waals surface area contributed by atoms with E-state index < -0.39 is 11.7 Å². The highest BCUT2D eigenvalue weighted by molar-refractivity contribution is 7.99. The molecular formula is C31H24F2N6O2S2. The van der Waals surface area contributed by atoms with Gasteiger partial charge in [0.2, 0.25) is 0 Å². The van der Waals surface area contributed by atoms with Gasteiger partial charge >= 0.3 is 0 Å². The smallest absolute Gasteiger partial charge is 0.254 e. The maximum atomic E-state index is 14.1. The number of nitrogens with one attached hydrogen (secondary N) is 1. The van der Waals surface area contributed by atoms with Gasteiger partial charge in [0.1, 0.15) is 11.6 Å². The molecule has 0 saturated carbocycles. The average molecular weight is 615 g/mol. The number of carbonyl (C=O) groups excluding carboxylic acids is 2. The van der Waals surface area contributed by atoms with Crippen LogP contribution in [-0.4, -0.2) is 43.1 Å². The zero-order valence-electron chi connectivity index (χ0n) is 22.6. The maximum absolute atomic E-state index is 14.1. The number of hydrogen-bond donors (Lipinski definition) is 1. The van der Waals surface area contributed by atoms with E-state index in [4.69, 9.17) is 0 Å². The van der Waals surface area contributed by atoms with E-state index in [2.05, 4.69) is 20.6 Å². The van der Waals surface area contributed by atoms with Crippen LogP contribution in [0, 0.1) is 11.6 Å². The average Bonchev–Trinajstić information content (AvgIpc) is 3.80. The first-order valence-electron chi connectivity index (χ1n) is 13.3. The van der Waals surface area contributed by atoms with Crippen LogP contribution in [0.1, 0.15) is 39.1 Å². The molecule has 1 N–H and O–H groups in total. The highest BCUT2D eigenvalue weighted by atomic mass is 32.2. The van der Waals surface area contributed by atoms with Crippen LogP contribution in [0.4, 0.5) is 8.78 Å². The van der Waals surface area contributed by atoms with E-state index in [0.29, 0.717) is 17.4 Å². The Balaban J connectivity index is 1.22. The Kier molecular flexibility index (Phi) is 8.38. The highest BCUT2D eigenvalue weighted by Gasteiger charge is 2.33. The topological polar surface area (TPSA) is 92.5 Å². The fourth-order valence-electron chi connectivity index (χ4n) is 4.71. The van der Waals surface area contributed by atoms with Gasteiger partial charge in [-0.1, -0.05) is 60.3 Å². The van der Waals surface area contributed by atoms with Crippen LogP contribution in [0.3, 0.4) is 0 Å². The molecule has 43 heavy (non-hydrogen) atoms. The third-order valence-electron chi connectivity index (χ3n) is 6.79. The molecule has 6 rings (SSSR count). The number of thiophene rings is 1. The van der Waals surface area contributed by atoms with Crippen molar-refractivity contribution in [1.29, 1.82) is 0 Å². The number of hydrogen-bond acceptors (Lipinski definition) is 7. The molecule has 2 amide bonds. The summed E-state index contributed by atoms with van der Waals surface area (Å²) in [6.45, 7) is -0.0171. The summed E-state index contributed by atoms with van der Waals surface area (Å²) in [6, 6.07) is 24.7. The number of nitrogens with zero attached hydrogens (tertiary/aromatic N) is 5. The van der Waals surface area contributed by atoms with Crippen molar-refractivity contribution in [1.82, 2.24) is 25.1 Å². The van der Waals surface area contributed by atoms with Crippen LogP contribution >= 0.6 is 23.1 Å². The molecule has 1 aliphatic heterocycles. The Labute approximate surface area is 254 Å². The van der Waals surface area contributed by atoms with E-state index in [1.54, 1.807) is 34.1 Å². The minimum Gasteiger partial charge on any atom is -0.345 e. The van der Waals surface area contributed by atoms with Crippen molar-refractivity contribution in [2.24, 2.45) is 5.10 Å². The molecule has 0 fully saturated rings. The molecule has 0 saturated heterocycles. The molecule has 0 spiro atoms. The molecule has 1 aliphatic rings. The second kappa shape index (κ2) is 12.7. The van der Waals surface area contributed by atoms with Crippen molar-refractivity contribution in [2.75, 3.05) is 5.75 Å². The van der Waals surface area contributed by atoms with Gasteiger partial charge in [-0.15, -0.1) is 21.5 Å². The summed E-state index contributed by atoms with van der Waals surface area (Å²) >= 11 is 2.73. The summed E-state index contributed by atoms with van der Waals surface area (Å²) in [5.74, 6) is -1.38. The van der Waals surface area contributed by atoms with Gasteiger partial charge in [0.05, 0.1) is 34.5 Å². The van der Waals surface area contributed by atoms with Crippen LogP contribution in [-0.2, 0) is 11.3 Å². The fraction of sp³-hybridized carbons (Fsp3) is 0.129. The molecule has 216 valence electrons. The number of carbonyl (C=O) groups is 2. The SMILES string of the molecule is O=C(NCc1nnc(SCC(=O)N2N=C(c3cccs3)CC2c2ccc(F)cc2)n1-c1ccccc1)c1ccccc1F. The van der Waals surface area contributed by atoms with Gasteiger partial charge in [-0.05, 0) is 53.4 Å². The van der Waals surface area contributed by atoms with Crippen molar-refractivity contribution >= 4 is 40.6 Å². The van der Waals surface area contributed by atoms with E-state index in [0.717, 1.165) is 21.8 Å². The standard InChI is InChI=1S/C31H24F2N6O2S2/c32-21-14-12-20(13-15-21)26-17-25(27-11-6-16-42-27)37-39(26)29(40)19-43-31-36-35-28(38(31)22-7-2-1-3-8-22)18-34-30(41)23-9-4-5-10-24(23)33/h1-16,26H,17-19H2,(H,34,41). The molecule has 12 heteroatoms. The number of rotatable bonds is 9. The van der Waals surface area contributed by atoms with Crippen LogP contribution in [0.25, 0.3) is 5.69 Å². The predicted octanol–water partition coefficient (Wildman–Crippen LogP) is 6.01. The number of para-hydroxylation sites is 1. The Bertz CT molecular complexity index is 1780. The Morgan fingerprint density at radius 3 is 2.44 bits per heavy atom. The fourth-order valence-corrected chi connectivity index (χ4v) is 6.26. The lowest BCUT2D eigenvalue weighted by Gasteiger charge is -2.22. The van der Waals surface area contributed by atoms with Gasteiger partial charge in [0.25, 0.3) is 11.8 Å². The predicted molar refractivity (Wildman–Crippen MR) is 161 cm³/mol. The number of aromatic nitrogens is 3. The number of halogens is 2. The number of hydrazone groups is 1. The monoisotopic (exact) mass is 614 g/mol. The minimum atomic E-state index is -0.620. The van der Waals surface area contributed by atoms with Crippen LogP contribution < -0.4 is 5.32 Å². The summed E-state index contributed by atoms with van der Waals surface area (Å²) in [5, 5.41) is 19.8. The van der Waals surface area contributed by atoms with E-state index in [1.807, 2.05) is 47.8 Å². The second-order valence-electron chi connectivity index (χ2n) is 9.55. The number of thioether (sulfide) groups is 1. The Morgan fingerprint density at radius 1 is 0.930 bits per heavy atom. The van der Waals surface area contributed by atoms with Gasteiger partial charge in [0.15, 0.2) is 11.0 Å². The lowest BCUT2D eigenvalue weighted by Crippen LogP contribution is -2.28. The van der Waals surface area contributed by atoms with Gasteiger partial charge in [-0.25, -0.2) is 13.8 Å². The molecular weight excluding hydrogens is 591 g/mol. The van der Waals surface area contributed by atoms with Crippen LogP contribution in [0.5, 0.6) is 0 Å². The van der Waals surface area contributed by atoms with Gasteiger partial charge in [0, 0.05) is 12.1 Å². The van der Waals surface area contributed by atoms with Crippen molar-refractivity contribution in [2.45, 2.75) is 24.2 Å². The zero-order valence-corrected chi connectivity index (χ0v) is 24.2. The maximum Gasteiger partial charge on any atom is 0.254 e.